The molecule has 0 saturated carbocycles. The van der Waals surface area contributed by atoms with Crippen molar-refractivity contribution in [1.82, 2.24) is 0 Å². The van der Waals surface area contributed by atoms with Gasteiger partial charge in [0.2, 0.25) is 0 Å². The molecule has 4 rings (SSSR count). The smallest absolute Gasteiger partial charge is 0.342 e. The number of nitrogens with one attached hydrogen (secondary N) is 1. The molecular weight excluding hydrogens is 477 g/mol. The fourth-order valence-corrected chi connectivity index (χ4v) is 3.89. The lowest BCUT2D eigenvalue weighted by Crippen LogP contribution is -2.30. The summed E-state index contributed by atoms with van der Waals surface area (Å²) in [6.45, 7) is 3.10. The first kappa shape index (κ1) is 23.5. The average molecular weight is 496 g/mol. The number of esters is 1. The van der Waals surface area contributed by atoms with Crippen molar-refractivity contribution >= 4 is 51.7 Å². The van der Waals surface area contributed by atoms with E-state index in [9.17, 15) is 14.4 Å². The molecule has 4 aromatic rings. The van der Waals surface area contributed by atoms with Crippen LogP contribution in [0.2, 0.25) is 10.0 Å². The maximum absolute atomic E-state index is 13.0. The van der Waals surface area contributed by atoms with Gasteiger partial charge < -0.3 is 14.5 Å². The summed E-state index contributed by atoms with van der Waals surface area (Å²) in [4.78, 5) is 38.5. The average Bonchev–Trinajstić information content (AvgIpc) is 2.83. The van der Waals surface area contributed by atoms with Crippen LogP contribution in [0.15, 0.2) is 75.9 Å². The number of ether oxygens (including phenoxy) is 1. The van der Waals surface area contributed by atoms with Crippen molar-refractivity contribution in [3.63, 3.8) is 0 Å². The van der Waals surface area contributed by atoms with Crippen LogP contribution in [-0.2, 0) is 9.53 Å². The summed E-state index contributed by atoms with van der Waals surface area (Å²) >= 11 is 12.0. The van der Waals surface area contributed by atoms with Crippen LogP contribution in [0.3, 0.4) is 0 Å². The summed E-state index contributed by atoms with van der Waals surface area (Å²) in [7, 11) is 0. The zero-order chi connectivity index (χ0) is 24.4. The van der Waals surface area contributed by atoms with Crippen molar-refractivity contribution in [3.8, 4) is 11.3 Å². The van der Waals surface area contributed by atoms with Gasteiger partial charge in [0, 0.05) is 16.1 Å². The lowest BCUT2D eigenvalue weighted by atomic mass is 10.0. The van der Waals surface area contributed by atoms with Crippen molar-refractivity contribution in [1.29, 1.82) is 0 Å². The second-order valence-electron chi connectivity index (χ2n) is 7.59. The molecule has 3 aromatic carbocycles. The Labute approximate surface area is 205 Å². The number of amides is 1. The van der Waals surface area contributed by atoms with Crippen molar-refractivity contribution in [3.05, 3.63) is 98.1 Å². The van der Waals surface area contributed by atoms with Gasteiger partial charge in [-0.15, -0.1) is 0 Å². The highest BCUT2D eigenvalue weighted by atomic mass is 35.5. The number of hydrogen-bond acceptors (Lipinski definition) is 5. The molecule has 1 heterocycles. The molecule has 0 unspecified atom stereocenters. The minimum atomic E-state index is -1.15. The summed E-state index contributed by atoms with van der Waals surface area (Å²) < 4.78 is 11.4. The molecule has 0 fully saturated rings. The monoisotopic (exact) mass is 495 g/mol. The number of fused-ring (bicyclic) bond motifs is 1. The maximum atomic E-state index is 13.0. The molecule has 6 nitrogen and oxygen atoms in total. The van der Waals surface area contributed by atoms with E-state index in [4.69, 9.17) is 32.4 Å². The summed E-state index contributed by atoms with van der Waals surface area (Å²) in [5, 5.41) is 3.52. The molecule has 0 aliphatic rings. The van der Waals surface area contributed by atoms with E-state index in [2.05, 4.69) is 5.32 Å². The fraction of sp³-hybridized carbons (Fsp3) is 0.115. The van der Waals surface area contributed by atoms with E-state index in [1.54, 1.807) is 31.2 Å². The van der Waals surface area contributed by atoms with Crippen LogP contribution >= 0.6 is 23.2 Å². The highest BCUT2D eigenvalue weighted by Crippen LogP contribution is 2.28. The van der Waals surface area contributed by atoms with Gasteiger partial charge in [-0.1, -0.05) is 59.6 Å². The Kier molecular flexibility index (Phi) is 6.72. The van der Waals surface area contributed by atoms with Crippen molar-refractivity contribution in [2.24, 2.45) is 0 Å². The van der Waals surface area contributed by atoms with E-state index in [0.29, 0.717) is 27.6 Å². The standard InChI is InChI=1S/C26H19Cl2NO5/c1-14-22(30)18-9-6-10-19(24(18)34-23(14)16-7-4-3-5-8-16)26(32)33-15(2)25(31)29-21-12-11-17(27)13-20(21)28/h3-13,15H,1-2H3,(H,29,31)/t15-/m1/s1. The topological polar surface area (TPSA) is 85.6 Å². The molecule has 8 heteroatoms. The van der Waals surface area contributed by atoms with E-state index in [1.165, 1.54) is 19.1 Å². The molecule has 34 heavy (non-hydrogen) atoms. The number of anilines is 1. The third-order valence-electron chi connectivity index (χ3n) is 5.24. The lowest BCUT2D eigenvalue weighted by molar-refractivity contribution is -0.123. The van der Waals surface area contributed by atoms with Crippen molar-refractivity contribution < 1.29 is 18.7 Å². The highest BCUT2D eigenvalue weighted by Gasteiger charge is 2.24. The largest absolute Gasteiger partial charge is 0.455 e. The normalized spacial score (nSPS) is 11.8. The van der Waals surface area contributed by atoms with Gasteiger partial charge in [0.1, 0.15) is 11.3 Å². The number of para-hydroxylation sites is 1. The third kappa shape index (κ3) is 4.69. The van der Waals surface area contributed by atoms with Crippen LogP contribution in [0.4, 0.5) is 5.69 Å². The van der Waals surface area contributed by atoms with Crippen LogP contribution in [0, 0.1) is 6.92 Å². The summed E-state index contributed by atoms with van der Waals surface area (Å²) in [6.07, 6.45) is -1.15. The Morgan fingerprint density at radius 1 is 1.00 bits per heavy atom. The summed E-state index contributed by atoms with van der Waals surface area (Å²) in [5.74, 6) is -1.02. The SMILES string of the molecule is Cc1c(-c2ccccc2)oc2c(C(=O)O[C@H](C)C(=O)Nc3ccc(Cl)cc3Cl)cccc2c1=O. The zero-order valence-corrected chi connectivity index (χ0v) is 19.7. The van der Waals surface area contributed by atoms with Crippen LogP contribution in [0.25, 0.3) is 22.3 Å². The Bertz CT molecular complexity index is 1460. The van der Waals surface area contributed by atoms with Crippen molar-refractivity contribution in [2.75, 3.05) is 5.32 Å². The Morgan fingerprint density at radius 2 is 1.74 bits per heavy atom. The van der Waals surface area contributed by atoms with Gasteiger partial charge in [0.25, 0.3) is 5.91 Å². The van der Waals surface area contributed by atoms with E-state index in [1.807, 2.05) is 30.3 Å². The second-order valence-corrected chi connectivity index (χ2v) is 8.44. The predicted molar refractivity (Wildman–Crippen MR) is 133 cm³/mol. The van der Waals surface area contributed by atoms with Crippen LogP contribution in [0.1, 0.15) is 22.8 Å². The first-order valence-electron chi connectivity index (χ1n) is 10.3. The van der Waals surface area contributed by atoms with E-state index >= 15 is 0 Å². The van der Waals surface area contributed by atoms with Gasteiger partial charge >= 0.3 is 5.97 Å². The number of benzene rings is 3. The molecule has 0 saturated heterocycles. The number of halogens is 2. The van der Waals surface area contributed by atoms with E-state index < -0.39 is 18.0 Å². The predicted octanol–water partition coefficient (Wildman–Crippen LogP) is 6.26. The molecule has 0 radical (unpaired) electrons. The number of rotatable bonds is 5. The van der Waals surface area contributed by atoms with Crippen molar-refractivity contribution in [2.45, 2.75) is 20.0 Å². The molecule has 0 aliphatic heterocycles. The first-order valence-corrected chi connectivity index (χ1v) is 11.1. The molecule has 172 valence electrons. The molecule has 0 spiro atoms. The first-order chi connectivity index (χ1) is 16.3. The molecule has 1 atom stereocenters. The molecule has 1 aromatic heterocycles. The Hall–Kier alpha value is -3.61. The second kappa shape index (κ2) is 9.71. The lowest BCUT2D eigenvalue weighted by Gasteiger charge is -2.15. The minimum absolute atomic E-state index is 0.0379. The fourth-order valence-electron chi connectivity index (χ4n) is 3.44. The van der Waals surface area contributed by atoms with Gasteiger partial charge in [-0.3, -0.25) is 9.59 Å². The number of hydrogen-bond donors (Lipinski definition) is 1. The van der Waals surface area contributed by atoms with Gasteiger partial charge in [0.05, 0.1) is 16.1 Å². The summed E-state index contributed by atoms with van der Waals surface area (Å²) in [6, 6.07) is 18.4. The Balaban J connectivity index is 1.64. The van der Waals surface area contributed by atoms with Gasteiger partial charge in [0.15, 0.2) is 17.1 Å². The van der Waals surface area contributed by atoms with Gasteiger partial charge in [-0.25, -0.2) is 4.79 Å². The van der Waals surface area contributed by atoms with Crippen LogP contribution < -0.4 is 10.7 Å². The molecule has 1 amide bonds. The van der Waals surface area contributed by atoms with Gasteiger partial charge in [-0.2, -0.15) is 0 Å². The quantitative estimate of drug-likeness (QED) is 0.330. The Morgan fingerprint density at radius 3 is 2.44 bits per heavy atom. The molecule has 1 N–H and O–H groups in total. The van der Waals surface area contributed by atoms with E-state index in [-0.39, 0.29) is 27.0 Å². The van der Waals surface area contributed by atoms with E-state index in [0.717, 1.165) is 0 Å². The molecule has 0 bridgehead atoms. The van der Waals surface area contributed by atoms with Gasteiger partial charge in [-0.05, 0) is 44.2 Å². The minimum Gasteiger partial charge on any atom is -0.455 e. The molecular formula is C26H19Cl2NO5. The maximum Gasteiger partial charge on any atom is 0.342 e. The van der Waals surface area contributed by atoms with Crippen LogP contribution in [-0.4, -0.2) is 18.0 Å². The number of carbonyl (C=O) groups is 2. The highest BCUT2D eigenvalue weighted by molar-refractivity contribution is 6.36. The third-order valence-corrected chi connectivity index (χ3v) is 5.79. The molecule has 0 aliphatic carbocycles. The summed E-state index contributed by atoms with van der Waals surface area (Å²) in [5.41, 5.74) is 1.34. The van der Waals surface area contributed by atoms with Crippen LogP contribution in [0.5, 0.6) is 0 Å². The zero-order valence-electron chi connectivity index (χ0n) is 18.2. The number of carbonyl (C=O) groups excluding carboxylic acids is 2.